The van der Waals surface area contributed by atoms with Gasteiger partial charge in [0.05, 0.1) is 16.9 Å². The lowest BCUT2D eigenvalue weighted by Gasteiger charge is -2.32. The molecule has 1 heterocycles. The monoisotopic (exact) mass is 229 g/mol. The quantitative estimate of drug-likeness (QED) is 0.866. The molecule has 0 radical (unpaired) electrons. The van der Waals surface area contributed by atoms with E-state index in [1.807, 2.05) is 19.9 Å². The van der Waals surface area contributed by atoms with Crippen molar-refractivity contribution in [3.63, 3.8) is 0 Å². The summed E-state index contributed by atoms with van der Waals surface area (Å²) in [4.78, 5) is 4.33. The van der Waals surface area contributed by atoms with Gasteiger partial charge in [-0.15, -0.1) is 0 Å². The lowest BCUT2D eigenvalue weighted by atomic mass is 9.80. The van der Waals surface area contributed by atoms with Crippen molar-refractivity contribution in [3.05, 3.63) is 23.0 Å². The summed E-state index contributed by atoms with van der Waals surface area (Å²) in [6.07, 6.45) is 3.95. The zero-order chi connectivity index (χ0) is 12.4. The van der Waals surface area contributed by atoms with Crippen molar-refractivity contribution in [1.29, 1.82) is 5.26 Å². The predicted octanol–water partition coefficient (Wildman–Crippen LogP) is 3.17. The Morgan fingerprint density at radius 3 is 2.71 bits per heavy atom. The lowest BCUT2D eigenvalue weighted by molar-refractivity contribution is 0.285. The zero-order valence-corrected chi connectivity index (χ0v) is 10.7. The molecule has 1 atom stereocenters. The summed E-state index contributed by atoms with van der Waals surface area (Å²) in [7, 11) is 0. The Labute approximate surface area is 103 Å². The van der Waals surface area contributed by atoms with Gasteiger partial charge in [-0.25, -0.2) is 0 Å². The highest BCUT2D eigenvalue weighted by atomic mass is 14.9. The molecule has 0 saturated heterocycles. The zero-order valence-electron chi connectivity index (χ0n) is 10.7. The first-order valence-corrected chi connectivity index (χ1v) is 6.26. The van der Waals surface area contributed by atoms with Crippen LogP contribution in [-0.4, -0.2) is 11.0 Å². The first-order chi connectivity index (χ1) is 8.11. The van der Waals surface area contributed by atoms with Crippen molar-refractivity contribution in [2.24, 2.45) is 5.92 Å². The first-order valence-electron chi connectivity index (χ1n) is 6.26. The number of nitrogens with zero attached hydrogens (tertiary/aromatic N) is 2. The van der Waals surface area contributed by atoms with Crippen LogP contribution in [0, 0.1) is 31.1 Å². The molecule has 1 aromatic rings. The third-order valence-electron chi connectivity index (χ3n) is 3.68. The number of nitrogens with one attached hydrogen (secondary N) is 1. The summed E-state index contributed by atoms with van der Waals surface area (Å²) in [5.74, 6) is 0.760. The number of aromatic nitrogens is 1. The standard InChI is InChI=1S/C14H19N3/c1-9-7-14(13(8-15)11(3)16-9)17-10(2)12-5-4-6-12/h7,10,12H,4-6H2,1-3H3,(H,16,17). The Hall–Kier alpha value is -1.56. The molecule has 1 aromatic heterocycles. The van der Waals surface area contributed by atoms with Gasteiger partial charge >= 0.3 is 0 Å². The molecule has 3 nitrogen and oxygen atoms in total. The maximum atomic E-state index is 9.18. The maximum absolute atomic E-state index is 9.18. The fourth-order valence-electron chi connectivity index (χ4n) is 2.39. The van der Waals surface area contributed by atoms with Crippen LogP contribution in [0.3, 0.4) is 0 Å². The molecule has 0 aliphatic heterocycles. The van der Waals surface area contributed by atoms with Crippen molar-refractivity contribution < 1.29 is 0 Å². The summed E-state index contributed by atoms with van der Waals surface area (Å²) in [5, 5.41) is 12.7. The van der Waals surface area contributed by atoms with Crippen LogP contribution in [0.5, 0.6) is 0 Å². The van der Waals surface area contributed by atoms with Crippen molar-refractivity contribution in [1.82, 2.24) is 4.98 Å². The van der Waals surface area contributed by atoms with Crippen molar-refractivity contribution in [3.8, 4) is 6.07 Å². The normalized spacial score (nSPS) is 17.1. The smallest absolute Gasteiger partial charge is 0.103 e. The van der Waals surface area contributed by atoms with Crippen LogP contribution in [0.4, 0.5) is 5.69 Å². The molecular formula is C14H19N3. The van der Waals surface area contributed by atoms with Crippen LogP contribution in [0.25, 0.3) is 0 Å². The molecule has 1 unspecified atom stereocenters. The summed E-state index contributed by atoms with van der Waals surface area (Å²) in [6, 6.07) is 4.66. The largest absolute Gasteiger partial charge is 0.381 e. The highest BCUT2D eigenvalue weighted by molar-refractivity contribution is 5.60. The van der Waals surface area contributed by atoms with E-state index in [0.29, 0.717) is 11.6 Å². The molecule has 0 amide bonds. The molecule has 1 N–H and O–H groups in total. The Bertz CT molecular complexity index is 455. The van der Waals surface area contributed by atoms with Gasteiger partial charge in [0.1, 0.15) is 6.07 Å². The van der Waals surface area contributed by atoms with Gasteiger partial charge in [-0.05, 0) is 45.6 Å². The molecule has 2 rings (SSSR count). The van der Waals surface area contributed by atoms with Gasteiger partial charge in [-0.2, -0.15) is 5.26 Å². The number of aryl methyl sites for hydroxylation is 2. The van der Waals surface area contributed by atoms with Crippen LogP contribution >= 0.6 is 0 Å². The van der Waals surface area contributed by atoms with Gasteiger partial charge in [0.15, 0.2) is 0 Å². The maximum Gasteiger partial charge on any atom is 0.103 e. The van der Waals surface area contributed by atoms with E-state index in [0.717, 1.165) is 23.0 Å². The molecule has 1 saturated carbocycles. The summed E-state index contributed by atoms with van der Waals surface area (Å²) < 4.78 is 0. The Morgan fingerprint density at radius 1 is 1.47 bits per heavy atom. The molecular weight excluding hydrogens is 210 g/mol. The van der Waals surface area contributed by atoms with E-state index in [4.69, 9.17) is 0 Å². The predicted molar refractivity (Wildman–Crippen MR) is 68.9 cm³/mol. The van der Waals surface area contributed by atoms with Gasteiger partial charge < -0.3 is 5.32 Å². The van der Waals surface area contributed by atoms with E-state index in [1.165, 1.54) is 19.3 Å². The summed E-state index contributed by atoms with van der Waals surface area (Å²) in [6.45, 7) is 6.06. The number of nitriles is 1. The van der Waals surface area contributed by atoms with Crippen LogP contribution in [-0.2, 0) is 0 Å². The second-order valence-electron chi connectivity index (χ2n) is 5.01. The molecule has 1 aliphatic rings. The first kappa shape index (κ1) is 11.9. The van der Waals surface area contributed by atoms with Crippen molar-refractivity contribution in [2.75, 3.05) is 5.32 Å². The van der Waals surface area contributed by atoms with Gasteiger partial charge in [0.25, 0.3) is 0 Å². The highest BCUT2D eigenvalue weighted by Gasteiger charge is 2.24. The SMILES string of the molecule is Cc1cc(NC(C)C2CCC2)c(C#N)c(C)n1. The minimum atomic E-state index is 0.442. The second kappa shape index (κ2) is 4.75. The molecule has 1 fully saturated rings. The van der Waals surface area contributed by atoms with E-state index in [2.05, 4.69) is 23.3 Å². The number of hydrogen-bond acceptors (Lipinski definition) is 3. The van der Waals surface area contributed by atoms with E-state index in [9.17, 15) is 5.26 Å². The van der Waals surface area contributed by atoms with Crippen LogP contribution in [0.15, 0.2) is 6.07 Å². The van der Waals surface area contributed by atoms with Crippen molar-refractivity contribution >= 4 is 5.69 Å². The lowest BCUT2D eigenvalue weighted by Crippen LogP contribution is -2.31. The molecule has 17 heavy (non-hydrogen) atoms. The Morgan fingerprint density at radius 2 is 2.18 bits per heavy atom. The average Bonchev–Trinajstić information content (AvgIpc) is 2.13. The summed E-state index contributed by atoms with van der Waals surface area (Å²) in [5.41, 5.74) is 3.40. The fourth-order valence-corrected chi connectivity index (χ4v) is 2.39. The molecule has 90 valence electrons. The molecule has 0 bridgehead atoms. The highest BCUT2D eigenvalue weighted by Crippen LogP contribution is 2.31. The molecule has 3 heteroatoms. The molecule has 0 spiro atoms. The van der Waals surface area contributed by atoms with Gasteiger partial charge in [0.2, 0.25) is 0 Å². The number of hydrogen-bond donors (Lipinski definition) is 1. The fraction of sp³-hybridized carbons (Fsp3) is 0.571. The average molecular weight is 229 g/mol. The van der Waals surface area contributed by atoms with Crippen LogP contribution in [0.2, 0.25) is 0 Å². The minimum Gasteiger partial charge on any atom is -0.381 e. The van der Waals surface area contributed by atoms with Crippen LogP contribution < -0.4 is 5.32 Å². The Kier molecular flexibility index (Phi) is 3.33. The van der Waals surface area contributed by atoms with E-state index in [1.54, 1.807) is 0 Å². The van der Waals surface area contributed by atoms with E-state index in [-0.39, 0.29) is 0 Å². The third-order valence-corrected chi connectivity index (χ3v) is 3.68. The summed E-state index contributed by atoms with van der Waals surface area (Å²) >= 11 is 0. The van der Waals surface area contributed by atoms with Gasteiger partial charge in [-0.1, -0.05) is 6.42 Å². The van der Waals surface area contributed by atoms with E-state index < -0.39 is 0 Å². The molecule has 0 aromatic carbocycles. The minimum absolute atomic E-state index is 0.442. The molecule has 1 aliphatic carbocycles. The second-order valence-corrected chi connectivity index (χ2v) is 5.01. The Balaban J connectivity index is 2.22. The topological polar surface area (TPSA) is 48.7 Å². The number of rotatable bonds is 3. The van der Waals surface area contributed by atoms with Crippen LogP contribution in [0.1, 0.15) is 43.1 Å². The third kappa shape index (κ3) is 2.41. The number of anilines is 1. The number of pyridine rings is 1. The van der Waals surface area contributed by atoms with Gasteiger partial charge in [-0.3, -0.25) is 4.98 Å². The van der Waals surface area contributed by atoms with Crippen molar-refractivity contribution in [2.45, 2.75) is 46.1 Å². The van der Waals surface area contributed by atoms with E-state index >= 15 is 0 Å². The van der Waals surface area contributed by atoms with Gasteiger partial charge in [0, 0.05) is 11.7 Å².